The molecule has 0 aromatic heterocycles. The second kappa shape index (κ2) is 3.79. The van der Waals surface area contributed by atoms with Crippen molar-refractivity contribution in [3.05, 3.63) is 0 Å². The molecule has 14 heavy (non-hydrogen) atoms. The van der Waals surface area contributed by atoms with E-state index in [0.717, 1.165) is 6.54 Å². The van der Waals surface area contributed by atoms with E-state index in [1.807, 2.05) is 7.05 Å². The molecule has 0 aromatic carbocycles. The zero-order valence-corrected chi connectivity index (χ0v) is 10.3. The largest absolute Gasteiger partial charge is 0.299 e. The molecule has 0 radical (unpaired) electrons. The van der Waals surface area contributed by atoms with E-state index in [9.17, 15) is 8.42 Å². The van der Waals surface area contributed by atoms with Crippen LogP contribution in [0.1, 0.15) is 20.8 Å². The van der Waals surface area contributed by atoms with Crippen molar-refractivity contribution in [2.24, 2.45) is 0 Å². The van der Waals surface area contributed by atoms with Gasteiger partial charge in [0.1, 0.15) is 0 Å². The highest BCUT2D eigenvalue weighted by Crippen LogP contribution is 2.20. The molecule has 5 heteroatoms. The Morgan fingerprint density at radius 2 is 1.86 bits per heavy atom. The average molecular weight is 220 g/mol. The molecule has 0 spiro atoms. The Bertz CT molecular complexity index is 298. The molecule has 0 unspecified atom stereocenters. The summed E-state index contributed by atoms with van der Waals surface area (Å²) in [7, 11) is -0.971. The molecule has 0 saturated carbocycles. The number of sulfonamides is 1. The van der Waals surface area contributed by atoms with Gasteiger partial charge in [0.05, 0.1) is 5.75 Å². The fraction of sp³-hybridized carbons (Fsp3) is 1.00. The van der Waals surface area contributed by atoms with Crippen molar-refractivity contribution >= 4 is 10.0 Å². The smallest absolute Gasteiger partial charge is 0.213 e. The third-order valence-corrected chi connectivity index (χ3v) is 4.87. The Morgan fingerprint density at radius 1 is 1.29 bits per heavy atom. The molecule has 1 saturated heterocycles. The minimum absolute atomic E-state index is 0.0551. The zero-order valence-electron chi connectivity index (χ0n) is 9.45. The molecule has 1 fully saturated rings. The molecule has 1 heterocycles. The fourth-order valence-electron chi connectivity index (χ4n) is 1.62. The van der Waals surface area contributed by atoms with Crippen molar-refractivity contribution in [2.45, 2.75) is 26.3 Å². The summed E-state index contributed by atoms with van der Waals surface area (Å²) in [5.41, 5.74) is -0.0551. The monoisotopic (exact) mass is 220 g/mol. The number of hydrogen-bond donors (Lipinski definition) is 0. The van der Waals surface area contributed by atoms with Gasteiger partial charge in [0.15, 0.2) is 0 Å². The highest BCUT2D eigenvalue weighted by atomic mass is 32.2. The molecule has 1 aliphatic rings. The van der Waals surface area contributed by atoms with E-state index in [2.05, 4.69) is 18.7 Å². The van der Waals surface area contributed by atoms with Crippen LogP contribution in [0, 0.1) is 0 Å². The van der Waals surface area contributed by atoms with E-state index in [1.54, 1.807) is 11.2 Å². The molecule has 0 bridgehead atoms. The van der Waals surface area contributed by atoms with Crippen LogP contribution >= 0.6 is 0 Å². The second-order valence-corrected chi connectivity index (χ2v) is 6.73. The summed E-state index contributed by atoms with van der Waals surface area (Å²) < 4.78 is 24.9. The lowest BCUT2D eigenvalue weighted by Gasteiger charge is -2.44. The SMILES string of the molecule is CCS(=O)(=O)N1CCN(C)C(C)(C)C1. The van der Waals surface area contributed by atoms with E-state index in [4.69, 9.17) is 0 Å². The lowest BCUT2D eigenvalue weighted by atomic mass is 10.0. The number of piperazine rings is 1. The molecule has 0 aliphatic carbocycles. The van der Waals surface area contributed by atoms with Gasteiger partial charge in [-0.25, -0.2) is 8.42 Å². The fourth-order valence-corrected chi connectivity index (χ4v) is 2.85. The molecule has 0 aromatic rings. The van der Waals surface area contributed by atoms with Crippen molar-refractivity contribution in [3.63, 3.8) is 0 Å². The van der Waals surface area contributed by atoms with Gasteiger partial charge < -0.3 is 0 Å². The van der Waals surface area contributed by atoms with E-state index in [0.29, 0.717) is 13.1 Å². The molecule has 1 aliphatic heterocycles. The lowest BCUT2D eigenvalue weighted by Crippen LogP contribution is -2.58. The van der Waals surface area contributed by atoms with E-state index in [1.165, 1.54) is 0 Å². The minimum Gasteiger partial charge on any atom is -0.299 e. The third-order valence-electron chi connectivity index (χ3n) is 3.04. The van der Waals surface area contributed by atoms with Crippen molar-refractivity contribution < 1.29 is 8.42 Å². The van der Waals surface area contributed by atoms with Crippen molar-refractivity contribution in [3.8, 4) is 0 Å². The number of rotatable bonds is 2. The molecular formula is C9H20N2O2S. The Kier molecular flexibility index (Phi) is 3.23. The summed E-state index contributed by atoms with van der Waals surface area (Å²) in [5, 5.41) is 0. The van der Waals surface area contributed by atoms with Crippen molar-refractivity contribution in [2.75, 3.05) is 32.4 Å². The van der Waals surface area contributed by atoms with E-state index in [-0.39, 0.29) is 11.3 Å². The lowest BCUT2D eigenvalue weighted by molar-refractivity contribution is 0.0802. The highest BCUT2D eigenvalue weighted by molar-refractivity contribution is 7.89. The molecular weight excluding hydrogens is 200 g/mol. The van der Waals surface area contributed by atoms with Gasteiger partial charge in [0.25, 0.3) is 0 Å². The summed E-state index contributed by atoms with van der Waals surface area (Å²) in [5.74, 6) is 0.201. The van der Waals surface area contributed by atoms with Crippen LogP contribution in [0.3, 0.4) is 0 Å². The maximum absolute atomic E-state index is 11.7. The first-order valence-electron chi connectivity index (χ1n) is 4.98. The predicted molar refractivity (Wildman–Crippen MR) is 57.7 cm³/mol. The first-order valence-corrected chi connectivity index (χ1v) is 6.59. The van der Waals surface area contributed by atoms with Crippen molar-refractivity contribution in [1.82, 2.24) is 9.21 Å². The summed E-state index contributed by atoms with van der Waals surface area (Å²) in [4.78, 5) is 2.20. The van der Waals surface area contributed by atoms with Gasteiger partial charge in [0.2, 0.25) is 10.0 Å². The Hall–Kier alpha value is -0.130. The third kappa shape index (κ3) is 2.27. The van der Waals surface area contributed by atoms with Crippen LogP contribution in [0.4, 0.5) is 0 Å². The molecule has 0 amide bonds. The van der Waals surface area contributed by atoms with Crippen LogP contribution in [0.15, 0.2) is 0 Å². The Morgan fingerprint density at radius 3 is 2.29 bits per heavy atom. The van der Waals surface area contributed by atoms with Crippen LogP contribution in [0.2, 0.25) is 0 Å². The van der Waals surface area contributed by atoms with Gasteiger partial charge in [-0.1, -0.05) is 0 Å². The van der Waals surface area contributed by atoms with Gasteiger partial charge >= 0.3 is 0 Å². The maximum atomic E-state index is 11.7. The topological polar surface area (TPSA) is 40.6 Å². The van der Waals surface area contributed by atoms with Gasteiger partial charge in [-0.2, -0.15) is 4.31 Å². The van der Waals surface area contributed by atoms with Gasteiger partial charge in [-0.05, 0) is 27.8 Å². The molecule has 84 valence electrons. The standard InChI is InChI=1S/C9H20N2O2S/c1-5-14(12,13)11-7-6-10(4)9(2,3)8-11/h5-8H2,1-4H3. The second-order valence-electron chi connectivity index (χ2n) is 4.47. The van der Waals surface area contributed by atoms with Gasteiger partial charge in [-0.3, -0.25) is 4.90 Å². The van der Waals surface area contributed by atoms with Crippen LogP contribution in [0.25, 0.3) is 0 Å². The molecule has 1 rings (SSSR count). The first-order chi connectivity index (χ1) is 6.29. The zero-order chi connectivity index (χ0) is 11.0. The molecule has 4 nitrogen and oxygen atoms in total. The first kappa shape index (κ1) is 11.9. The van der Waals surface area contributed by atoms with Gasteiger partial charge in [-0.15, -0.1) is 0 Å². The normalized spacial score (nSPS) is 25.1. The van der Waals surface area contributed by atoms with Crippen molar-refractivity contribution in [1.29, 1.82) is 0 Å². The average Bonchev–Trinajstić information content (AvgIpc) is 2.09. The van der Waals surface area contributed by atoms with Crippen LogP contribution in [0.5, 0.6) is 0 Å². The Balaban J connectivity index is 2.79. The maximum Gasteiger partial charge on any atom is 0.213 e. The summed E-state index contributed by atoms with van der Waals surface area (Å²) in [6.07, 6.45) is 0. The summed E-state index contributed by atoms with van der Waals surface area (Å²) in [6.45, 7) is 7.87. The van der Waals surface area contributed by atoms with E-state index >= 15 is 0 Å². The number of likely N-dealkylation sites (N-methyl/N-ethyl adjacent to an activating group) is 1. The quantitative estimate of drug-likeness (QED) is 0.675. The predicted octanol–water partition coefficient (Wildman–Crippen LogP) is 0.362. The van der Waals surface area contributed by atoms with Crippen LogP contribution < -0.4 is 0 Å². The molecule has 0 N–H and O–H groups in total. The van der Waals surface area contributed by atoms with Gasteiger partial charge in [0, 0.05) is 25.2 Å². The van der Waals surface area contributed by atoms with E-state index < -0.39 is 10.0 Å². The summed E-state index contributed by atoms with van der Waals surface area (Å²) >= 11 is 0. The van der Waals surface area contributed by atoms with Crippen LogP contribution in [-0.2, 0) is 10.0 Å². The Labute approximate surface area is 86.9 Å². The summed E-state index contributed by atoms with van der Waals surface area (Å²) in [6, 6.07) is 0. The molecule has 0 atom stereocenters. The van der Waals surface area contributed by atoms with Crippen LogP contribution in [-0.4, -0.2) is 55.6 Å². The minimum atomic E-state index is -3.01. The highest BCUT2D eigenvalue weighted by Gasteiger charge is 2.35. The number of nitrogens with zero attached hydrogens (tertiary/aromatic N) is 2. The number of hydrogen-bond acceptors (Lipinski definition) is 3.